The summed E-state index contributed by atoms with van der Waals surface area (Å²) < 4.78 is 15.6. The molecule has 2 atom stereocenters. The summed E-state index contributed by atoms with van der Waals surface area (Å²) in [5.41, 5.74) is 1.18. The van der Waals surface area contributed by atoms with Gasteiger partial charge in [-0.2, -0.15) is 0 Å². The molecule has 1 fully saturated rings. The second-order valence-corrected chi connectivity index (χ2v) is 6.55. The lowest BCUT2D eigenvalue weighted by Crippen LogP contribution is -2.40. The van der Waals surface area contributed by atoms with Crippen LogP contribution in [0, 0.1) is 5.82 Å². The monoisotopic (exact) mass is 331 g/mol. The van der Waals surface area contributed by atoms with Crippen molar-refractivity contribution in [2.24, 2.45) is 14.1 Å². The van der Waals surface area contributed by atoms with Crippen molar-refractivity contribution in [2.75, 3.05) is 0 Å². The summed E-state index contributed by atoms with van der Waals surface area (Å²) in [6.07, 6.45) is 4.64. The number of aryl methyl sites for hydroxylation is 1. The molecule has 1 aliphatic carbocycles. The molecule has 24 heavy (non-hydrogen) atoms. The summed E-state index contributed by atoms with van der Waals surface area (Å²) in [7, 11) is 3.14. The molecule has 5 nitrogen and oxygen atoms in total. The minimum atomic E-state index is -0.319. The Morgan fingerprint density at radius 3 is 2.58 bits per heavy atom. The molecule has 0 amide bonds. The van der Waals surface area contributed by atoms with Crippen LogP contribution in [0.25, 0.3) is 0 Å². The second kappa shape index (κ2) is 6.73. The Kier molecular flexibility index (Phi) is 4.66. The lowest BCUT2D eigenvalue weighted by molar-refractivity contribution is 0.509. The third-order valence-electron chi connectivity index (χ3n) is 4.87. The fourth-order valence-electron chi connectivity index (χ4n) is 3.46. The standard InChI is InChI=1S/C18H22FN3O2/c1-21-11-14(17(23)22(2)18(21)24)10-20-16-8-5-13(9-16)12-3-6-15(19)7-4-12/h3-4,6-7,11,13,16,20H,5,8-10H2,1-2H3. The quantitative estimate of drug-likeness (QED) is 0.927. The van der Waals surface area contributed by atoms with Crippen LogP contribution in [-0.4, -0.2) is 15.2 Å². The smallest absolute Gasteiger partial charge is 0.310 e. The van der Waals surface area contributed by atoms with Crippen molar-refractivity contribution < 1.29 is 4.39 Å². The SMILES string of the molecule is Cn1cc(CNC2CCC(c3ccc(F)cc3)C2)c(=O)n(C)c1=O. The van der Waals surface area contributed by atoms with E-state index in [-0.39, 0.29) is 17.1 Å². The first-order valence-electron chi connectivity index (χ1n) is 8.20. The van der Waals surface area contributed by atoms with Gasteiger partial charge in [0.25, 0.3) is 5.56 Å². The third-order valence-corrected chi connectivity index (χ3v) is 4.87. The Balaban J connectivity index is 1.64. The first-order chi connectivity index (χ1) is 11.5. The molecule has 0 bridgehead atoms. The Labute approximate surface area is 139 Å². The van der Waals surface area contributed by atoms with Crippen LogP contribution in [0.15, 0.2) is 40.1 Å². The van der Waals surface area contributed by atoms with Crippen LogP contribution < -0.4 is 16.6 Å². The first-order valence-corrected chi connectivity index (χ1v) is 8.20. The number of benzene rings is 1. The lowest BCUT2D eigenvalue weighted by Gasteiger charge is -2.14. The number of halogens is 1. The molecule has 0 aliphatic heterocycles. The molecule has 0 radical (unpaired) electrons. The van der Waals surface area contributed by atoms with Crippen molar-refractivity contribution >= 4 is 0 Å². The van der Waals surface area contributed by atoms with Gasteiger partial charge < -0.3 is 9.88 Å². The molecular weight excluding hydrogens is 309 g/mol. The van der Waals surface area contributed by atoms with E-state index < -0.39 is 0 Å². The second-order valence-electron chi connectivity index (χ2n) is 6.55. The van der Waals surface area contributed by atoms with E-state index in [2.05, 4.69) is 5.32 Å². The van der Waals surface area contributed by atoms with Crippen molar-refractivity contribution in [3.63, 3.8) is 0 Å². The average Bonchev–Trinajstić information content (AvgIpc) is 3.04. The lowest BCUT2D eigenvalue weighted by atomic mass is 9.97. The van der Waals surface area contributed by atoms with Gasteiger partial charge in [0.1, 0.15) is 5.82 Å². The van der Waals surface area contributed by atoms with E-state index >= 15 is 0 Å². The average molecular weight is 331 g/mol. The number of nitrogens with one attached hydrogen (secondary N) is 1. The Morgan fingerprint density at radius 2 is 1.88 bits per heavy atom. The molecule has 2 unspecified atom stereocenters. The highest BCUT2D eigenvalue weighted by Crippen LogP contribution is 2.34. The molecule has 2 aromatic rings. The summed E-state index contributed by atoms with van der Waals surface area (Å²) in [6, 6.07) is 7.03. The predicted molar refractivity (Wildman–Crippen MR) is 90.5 cm³/mol. The topological polar surface area (TPSA) is 56.0 Å². The van der Waals surface area contributed by atoms with Gasteiger partial charge >= 0.3 is 5.69 Å². The molecule has 0 spiro atoms. The maximum Gasteiger partial charge on any atom is 0.330 e. The minimum absolute atomic E-state index is 0.211. The zero-order chi connectivity index (χ0) is 17.3. The highest BCUT2D eigenvalue weighted by molar-refractivity contribution is 5.22. The molecule has 3 rings (SSSR count). The third kappa shape index (κ3) is 3.33. The van der Waals surface area contributed by atoms with E-state index in [1.807, 2.05) is 12.1 Å². The first kappa shape index (κ1) is 16.6. The molecule has 1 aliphatic rings. The number of rotatable bonds is 4. The van der Waals surface area contributed by atoms with E-state index in [0.29, 0.717) is 24.1 Å². The number of aromatic nitrogens is 2. The van der Waals surface area contributed by atoms with E-state index in [1.165, 1.54) is 29.3 Å². The maximum absolute atomic E-state index is 13.0. The molecule has 1 N–H and O–H groups in total. The van der Waals surface area contributed by atoms with Crippen LogP contribution in [0.3, 0.4) is 0 Å². The van der Waals surface area contributed by atoms with E-state index in [9.17, 15) is 14.0 Å². The number of nitrogens with zero attached hydrogens (tertiary/aromatic N) is 2. The van der Waals surface area contributed by atoms with Crippen LogP contribution in [0.2, 0.25) is 0 Å². The molecule has 0 saturated heterocycles. The molecule has 128 valence electrons. The summed E-state index contributed by atoms with van der Waals surface area (Å²) in [6.45, 7) is 0.446. The number of hydrogen-bond acceptors (Lipinski definition) is 3. The van der Waals surface area contributed by atoms with E-state index in [4.69, 9.17) is 0 Å². The number of hydrogen-bond donors (Lipinski definition) is 1. The Morgan fingerprint density at radius 1 is 1.17 bits per heavy atom. The summed E-state index contributed by atoms with van der Waals surface area (Å²) in [4.78, 5) is 23.8. The molecular formula is C18H22FN3O2. The summed E-state index contributed by atoms with van der Waals surface area (Å²) in [5.74, 6) is 0.211. The van der Waals surface area contributed by atoms with Crippen molar-refractivity contribution in [2.45, 2.75) is 37.8 Å². The van der Waals surface area contributed by atoms with Crippen LogP contribution in [0.5, 0.6) is 0 Å². The van der Waals surface area contributed by atoms with E-state index in [1.54, 1.807) is 13.2 Å². The van der Waals surface area contributed by atoms with E-state index in [0.717, 1.165) is 23.8 Å². The molecule has 6 heteroatoms. The molecule has 1 aromatic carbocycles. The van der Waals surface area contributed by atoms with Crippen molar-refractivity contribution in [1.82, 2.24) is 14.5 Å². The van der Waals surface area contributed by atoms with Crippen molar-refractivity contribution in [3.05, 3.63) is 68.2 Å². The molecule has 1 heterocycles. The maximum atomic E-state index is 13.0. The fraction of sp³-hybridized carbons (Fsp3) is 0.444. The van der Waals surface area contributed by atoms with Gasteiger partial charge in [0.05, 0.1) is 0 Å². The van der Waals surface area contributed by atoms with Crippen LogP contribution >= 0.6 is 0 Å². The van der Waals surface area contributed by atoms with Gasteiger partial charge in [-0.1, -0.05) is 12.1 Å². The molecule has 1 aromatic heterocycles. The summed E-state index contributed by atoms with van der Waals surface area (Å²) in [5, 5.41) is 3.42. The zero-order valence-corrected chi connectivity index (χ0v) is 14.0. The van der Waals surface area contributed by atoms with Gasteiger partial charge in [-0.15, -0.1) is 0 Å². The van der Waals surface area contributed by atoms with Crippen molar-refractivity contribution in [3.8, 4) is 0 Å². The van der Waals surface area contributed by atoms with Gasteiger partial charge in [-0.3, -0.25) is 9.36 Å². The van der Waals surface area contributed by atoms with Gasteiger partial charge in [0.2, 0.25) is 0 Å². The zero-order valence-electron chi connectivity index (χ0n) is 14.0. The van der Waals surface area contributed by atoms with Gasteiger partial charge in [0, 0.05) is 38.4 Å². The van der Waals surface area contributed by atoms with Crippen LogP contribution in [0.4, 0.5) is 4.39 Å². The Hall–Kier alpha value is -2.21. The summed E-state index contributed by atoms with van der Waals surface area (Å²) >= 11 is 0. The van der Waals surface area contributed by atoms with Crippen LogP contribution in [-0.2, 0) is 20.6 Å². The highest BCUT2D eigenvalue weighted by Gasteiger charge is 2.25. The van der Waals surface area contributed by atoms with Crippen molar-refractivity contribution in [1.29, 1.82) is 0 Å². The largest absolute Gasteiger partial charge is 0.330 e. The van der Waals surface area contributed by atoms with Gasteiger partial charge in [-0.25, -0.2) is 9.18 Å². The van der Waals surface area contributed by atoms with Gasteiger partial charge in [-0.05, 0) is 42.9 Å². The fourth-order valence-corrected chi connectivity index (χ4v) is 3.46. The van der Waals surface area contributed by atoms with Gasteiger partial charge in [0.15, 0.2) is 0 Å². The molecule has 1 saturated carbocycles. The minimum Gasteiger partial charge on any atom is -0.310 e. The highest BCUT2D eigenvalue weighted by atomic mass is 19.1. The Bertz CT molecular complexity index is 839. The van der Waals surface area contributed by atoms with Crippen LogP contribution in [0.1, 0.15) is 36.3 Å². The normalized spacial score (nSPS) is 20.5. The predicted octanol–water partition coefficient (Wildman–Crippen LogP) is 1.65.